The average Bonchev–Trinajstić information content (AvgIpc) is 2.39. The molecule has 0 saturated carbocycles. The smallest absolute Gasteiger partial charge is 0.337 e. The van der Waals surface area contributed by atoms with Gasteiger partial charge < -0.3 is 9.84 Å². The molecule has 0 aliphatic heterocycles. The molecule has 0 atom stereocenters. The Morgan fingerprint density at radius 1 is 1.26 bits per heavy atom. The standard InChI is InChI=1S/C14H10N2O3/c1-9-12(14(17)18)6-7-13(16-9)19-11-4-2-10(8-15)3-5-11/h2-7H,1H3,(H,17,18). The van der Waals surface area contributed by atoms with E-state index in [2.05, 4.69) is 4.98 Å². The van der Waals surface area contributed by atoms with Gasteiger partial charge in [-0.25, -0.2) is 9.78 Å². The van der Waals surface area contributed by atoms with Crippen LogP contribution in [0.4, 0.5) is 0 Å². The molecule has 94 valence electrons. The molecule has 0 amide bonds. The number of hydrogen-bond donors (Lipinski definition) is 1. The second-order valence-electron chi connectivity index (χ2n) is 3.83. The second kappa shape index (κ2) is 5.19. The summed E-state index contributed by atoms with van der Waals surface area (Å²) in [4.78, 5) is 14.9. The second-order valence-corrected chi connectivity index (χ2v) is 3.83. The number of aromatic carboxylic acids is 1. The van der Waals surface area contributed by atoms with E-state index in [1.54, 1.807) is 31.2 Å². The van der Waals surface area contributed by atoms with Gasteiger partial charge in [0.1, 0.15) is 5.75 Å². The van der Waals surface area contributed by atoms with Crippen LogP contribution in [0.25, 0.3) is 0 Å². The highest BCUT2D eigenvalue weighted by atomic mass is 16.5. The predicted molar refractivity (Wildman–Crippen MR) is 67.2 cm³/mol. The van der Waals surface area contributed by atoms with Crippen molar-refractivity contribution in [1.82, 2.24) is 4.98 Å². The summed E-state index contributed by atoms with van der Waals surface area (Å²) in [7, 11) is 0. The fourth-order valence-corrected chi connectivity index (χ4v) is 1.54. The number of carbonyl (C=O) groups is 1. The highest BCUT2D eigenvalue weighted by molar-refractivity contribution is 5.88. The summed E-state index contributed by atoms with van der Waals surface area (Å²) < 4.78 is 5.48. The quantitative estimate of drug-likeness (QED) is 0.910. The zero-order valence-corrected chi connectivity index (χ0v) is 10.1. The van der Waals surface area contributed by atoms with Crippen LogP contribution in [0.5, 0.6) is 11.6 Å². The van der Waals surface area contributed by atoms with Crippen LogP contribution in [0, 0.1) is 18.3 Å². The molecular formula is C14H10N2O3. The Hall–Kier alpha value is -2.87. The van der Waals surface area contributed by atoms with Gasteiger partial charge in [-0.15, -0.1) is 0 Å². The van der Waals surface area contributed by atoms with Gasteiger partial charge >= 0.3 is 5.97 Å². The number of rotatable bonds is 3. The van der Waals surface area contributed by atoms with Crippen molar-refractivity contribution in [3.63, 3.8) is 0 Å². The molecule has 1 aromatic carbocycles. The first-order valence-electron chi connectivity index (χ1n) is 5.49. The topological polar surface area (TPSA) is 83.2 Å². The van der Waals surface area contributed by atoms with Crippen molar-refractivity contribution < 1.29 is 14.6 Å². The molecule has 5 nitrogen and oxygen atoms in total. The van der Waals surface area contributed by atoms with Crippen molar-refractivity contribution in [1.29, 1.82) is 5.26 Å². The molecule has 1 heterocycles. The summed E-state index contributed by atoms with van der Waals surface area (Å²) in [5.41, 5.74) is 1.07. The Balaban J connectivity index is 2.21. The number of carboxylic acid groups (broad SMARTS) is 1. The minimum absolute atomic E-state index is 0.146. The summed E-state index contributed by atoms with van der Waals surface area (Å²) in [6.45, 7) is 1.61. The van der Waals surface area contributed by atoms with Gasteiger partial charge in [-0.2, -0.15) is 5.26 Å². The lowest BCUT2D eigenvalue weighted by atomic mass is 10.2. The van der Waals surface area contributed by atoms with Crippen LogP contribution in [-0.2, 0) is 0 Å². The maximum atomic E-state index is 10.9. The summed E-state index contributed by atoms with van der Waals surface area (Å²) in [5.74, 6) is -0.170. The normalized spacial score (nSPS) is 9.68. The van der Waals surface area contributed by atoms with Gasteiger partial charge in [-0.05, 0) is 37.3 Å². The number of hydrogen-bond acceptors (Lipinski definition) is 4. The van der Waals surface area contributed by atoms with Crippen molar-refractivity contribution in [3.8, 4) is 17.7 Å². The van der Waals surface area contributed by atoms with Gasteiger partial charge in [-0.3, -0.25) is 0 Å². The first-order chi connectivity index (χ1) is 9.10. The van der Waals surface area contributed by atoms with E-state index in [1.807, 2.05) is 6.07 Å². The Bertz CT molecular complexity index is 657. The molecule has 0 aliphatic carbocycles. The number of ether oxygens (including phenoxy) is 1. The fourth-order valence-electron chi connectivity index (χ4n) is 1.54. The zero-order valence-electron chi connectivity index (χ0n) is 10.1. The Labute approximate surface area is 109 Å². The number of carboxylic acids is 1. The summed E-state index contributed by atoms with van der Waals surface area (Å²) in [5, 5.41) is 17.6. The van der Waals surface area contributed by atoms with Crippen molar-refractivity contribution in [2.24, 2.45) is 0 Å². The Morgan fingerprint density at radius 2 is 1.95 bits per heavy atom. The molecule has 2 aromatic rings. The highest BCUT2D eigenvalue weighted by Gasteiger charge is 2.09. The van der Waals surface area contributed by atoms with E-state index in [4.69, 9.17) is 15.1 Å². The van der Waals surface area contributed by atoms with E-state index < -0.39 is 5.97 Å². The molecule has 0 aliphatic rings. The highest BCUT2D eigenvalue weighted by Crippen LogP contribution is 2.21. The predicted octanol–water partition coefficient (Wildman–Crippen LogP) is 2.75. The summed E-state index contributed by atoms with van der Waals surface area (Å²) >= 11 is 0. The molecule has 1 aromatic heterocycles. The van der Waals surface area contributed by atoms with E-state index in [0.29, 0.717) is 22.9 Å². The maximum Gasteiger partial charge on any atom is 0.337 e. The molecule has 0 bridgehead atoms. The third kappa shape index (κ3) is 2.87. The molecule has 0 radical (unpaired) electrons. The molecular weight excluding hydrogens is 244 g/mol. The average molecular weight is 254 g/mol. The van der Waals surface area contributed by atoms with Crippen molar-refractivity contribution in [2.45, 2.75) is 6.92 Å². The SMILES string of the molecule is Cc1nc(Oc2ccc(C#N)cc2)ccc1C(=O)O. The van der Waals surface area contributed by atoms with Gasteiger partial charge in [0.25, 0.3) is 0 Å². The Morgan fingerprint density at radius 3 is 2.47 bits per heavy atom. The van der Waals surface area contributed by atoms with E-state index in [1.165, 1.54) is 12.1 Å². The fraction of sp³-hybridized carbons (Fsp3) is 0.0714. The maximum absolute atomic E-state index is 10.9. The van der Waals surface area contributed by atoms with Crippen molar-refractivity contribution in [2.75, 3.05) is 0 Å². The number of aromatic nitrogens is 1. The van der Waals surface area contributed by atoms with Crippen LogP contribution in [-0.4, -0.2) is 16.1 Å². The van der Waals surface area contributed by atoms with Gasteiger partial charge in [0.05, 0.1) is 22.9 Å². The first-order valence-corrected chi connectivity index (χ1v) is 5.49. The van der Waals surface area contributed by atoms with Crippen molar-refractivity contribution in [3.05, 3.63) is 53.2 Å². The molecule has 0 unspecified atom stereocenters. The van der Waals surface area contributed by atoms with Crippen LogP contribution in [0.1, 0.15) is 21.6 Å². The number of nitriles is 1. The third-order valence-corrected chi connectivity index (χ3v) is 2.50. The van der Waals surface area contributed by atoms with E-state index in [-0.39, 0.29) is 5.56 Å². The molecule has 5 heteroatoms. The first kappa shape index (κ1) is 12.6. The number of nitrogens with zero attached hydrogens (tertiary/aromatic N) is 2. The third-order valence-electron chi connectivity index (χ3n) is 2.50. The van der Waals surface area contributed by atoms with Crippen LogP contribution in [0.15, 0.2) is 36.4 Å². The zero-order chi connectivity index (χ0) is 13.8. The lowest BCUT2D eigenvalue weighted by Gasteiger charge is -2.06. The molecule has 2 rings (SSSR count). The minimum Gasteiger partial charge on any atom is -0.478 e. The van der Waals surface area contributed by atoms with Gasteiger partial charge in [0.2, 0.25) is 5.88 Å². The monoisotopic (exact) mass is 254 g/mol. The molecule has 0 fully saturated rings. The summed E-state index contributed by atoms with van der Waals surface area (Å²) in [6.07, 6.45) is 0. The van der Waals surface area contributed by atoms with Crippen LogP contribution in [0.3, 0.4) is 0 Å². The van der Waals surface area contributed by atoms with Crippen molar-refractivity contribution >= 4 is 5.97 Å². The molecule has 0 spiro atoms. The lowest BCUT2D eigenvalue weighted by Crippen LogP contribution is -2.02. The van der Waals surface area contributed by atoms with Crippen LogP contribution in [0.2, 0.25) is 0 Å². The van der Waals surface area contributed by atoms with E-state index in [9.17, 15) is 4.79 Å². The van der Waals surface area contributed by atoms with Crippen LogP contribution >= 0.6 is 0 Å². The Kier molecular flexibility index (Phi) is 3.44. The number of benzene rings is 1. The van der Waals surface area contributed by atoms with Gasteiger partial charge in [0, 0.05) is 6.07 Å². The van der Waals surface area contributed by atoms with Crippen LogP contribution < -0.4 is 4.74 Å². The van der Waals surface area contributed by atoms with Gasteiger partial charge in [0.15, 0.2) is 0 Å². The number of aryl methyl sites for hydroxylation is 1. The minimum atomic E-state index is -1.02. The summed E-state index contributed by atoms with van der Waals surface area (Å²) in [6, 6.07) is 11.5. The molecule has 19 heavy (non-hydrogen) atoms. The molecule has 0 saturated heterocycles. The lowest BCUT2D eigenvalue weighted by molar-refractivity contribution is 0.0695. The number of pyridine rings is 1. The van der Waals surface area contributed by atoms with E-state index >= 15 is 0 Å². The largest absolute Gasteiger partial charge is 0.478 e. The molecule has 1 N–H and O–H groups in total. The van der Waals surface area contributed by atoms with E-state index in [0.717, 1.165) is 0 Å². The van der Waals surface area contributed by atoms with Gasteiger partial charge in [-0.1, -0.05) is 0 Å².